The van der Waals surface area contributed by atoms with Gasteiger partial charge < -0.3 is 25.2 Å². The maximum absolute atomic E-state index is 11.3. The molecule has 7 heteroatoms. The number of carboxylic acid groups (broad SMARTS) is 1. The highest BCUT2D eigenvalue weighted by atomic mass is 16.5. The highest BCUT2D eigenvalue weighted by molar-refractivity contribution is 5.77. The number of carbonyl (C=O) groups is 2. The fraction of sp³-hybridized carbons (Fsp3) is 0.561. The molecule has 3 N–H and O–H groups in total. The minimum absolute atomic E-state index is 0.0660. The third-order valence-corrected chi connectivity index (χ3v) is 9.18. The van der Waals surface area contributed by atoms with E-state index in [4.69, 9.17) is 14.6 Å². The number of anilines is 2. The second-order valence-corrected chi connectivity index (χ2v) is 13.3. The Balaban J connectivity index is 0.000000260. The molecular weight excluding hydrogens is 600 g/mol. The van der Waals surface area contributed by atoms with Crippen molar-refractivity contribution in [2.75, 3.05) is 23.8 Å². The summed E-state index contributed by atoms with van der Waals surface area (Å²) in [6.07, 6.45) is 17.0. The normalized spacial score (nSPS) is 16.7. The van der Waals surface area contributed by atoms with E-state index in [2.05, 4.69) is 43.5 Å². The van der Waals surface area contributed by atoms with Crippen LogP contribution in [-0.4, -0.2) is 30.1 Å². The molecular formula is C41H60N2O5. The summed E-state index contributed by atoms with van der Waals surface area (Å²) in [6, 6.07) is 16.2. The van der Waals surface area contributed by atoms with Gasteiger partial charge in [-0.05, 0) is 69.7 Å². The van der Waals surface area contributed by atoms with Crippen molar-refractivity contribution in [2.45, 2.75) is 137 Å². The number of hydrogen-bond donors (Lipinski definition) is 3. The molecule has 0 fully saturated rings. The molecule has 0 aromatic heterocycles. The van der Waals surface area contributed by atoms with Crippen molar-refractivity contribution in [2.24, 2.45) is 0 Å². The summed E-state index contributed by atoms with van der Waals surface area (Å²) < 4.78 is 11.6. The number of para-hydroxylation sites is 2. The van der Waals surface area contributed by atoms with Gasteiger partial charge in [-0.1, -0.05) is 114 Å². The second-order valence-electron chi connectivity index (χ2n) is 13.3. The number of allylic oxidation sites excluding steroid dienone is 2. The van der Waals surface area contributed by atoms with Gasteiger partial charge >= 0.3 is 5.97 Å². The number of unbranched alkanes of at least 4 members (excludes halogenated alkanes) is 10. The van der Waals surface area contributed by atoms with E-state index in [9.17, 15) is 9.59 Å². The van der Waals surface area contributed by atoms with Crippen LogP contribution in [0.5, 0.6) is 0 Å². The first kappa shape index (κ1) is 39.0. The minimum Gasteiger partial charge on any atom is -0.480 e. The summed E-state index contributed by atoms with van der Waals surface area (Å²) in [5.41, 5.74) is 9.03. The molecule has 2 unspecified atom stereocenters. The van der Waals surface area contributed by atoms with Gasteiger partial charge in [-0.2, -0.15) is 0 Å². The van der Waals surface area contributed by atoms with Crippen molar-refractivity contribution in [3.63, 3.8) is 0 Å². The van der Waals surface area contributed by atoms with Crippen LogP contribution in [0.3, 0.4) is 0 Å². The lowest BCUT2D eigenvalue weighted by Crippen LogP contribution is -2.21. The Labute approximate surface area is 289 Å². The highest BCUT2D eigenvalue weighted by Crippen LogP contribution is 2.40. The van der Waals surface area contributed by atoms with Crippen LogP contribution >= 0.6 is 0 Å². The van der Waals surface area contributed by atoms with Crippen molar-refractivity contribution in [3.05, 3.63) is 82.2 Å². The summed E-state index contributed by atoms with van der Waals surface area (Å²) >= 11 is 0. The lowest BCUT2D eigenvalue weighted by Gasteiger charge is -2.30. The smallest absolute Gasteiger partial charge is 0.329 e. The zero-order valence-corrected chi connectivity index (χ0v) is 30.2. The standard InChI is InChI=1S/C21H31NO2.C20H29NO3/c1-4-5-6-7-8-9-13-19-17(3)21(24-15-16(2)23)18-12-10-11-14-20(18)22-19;1-3-4-5-6-7-8-12-17-15(2)20(24-14-19(22)23)16-11-9-10-13-18(16)21-17/h10-12,14,21-22H,4-9,13,15H2,1-3H3;9-11,13,20-21H,3-8,12,14H2,1-2H3,(H,22,23). The number of ketones is 1. The van der Waals surface area contributed by atoms with E-state index in [1.54, 1.807) is 6.92 Å². The number of nitrogens with one attached hydrogen (secondary N) is 2. The highest BCUT2D eigenvalue weighted by Gasteiger charge is 2.27. The molecule has 0 saturated carbocycles. The Morgan fingerprint density at radius 3 is 1.44 bits per heavy atom. The number of fused-ring (bicyclic) bond motifs is 2. The van der Waals surface area contributed by atoms with Crippen LogP contribution in [0.1, 0.15) is 148 Å². The topological polar surface area (TPSA) is 96.9 Å². The van der Waals surface area contributed by atoms with Crippen molar-refractivity contribution < 1.29 is 24.2 Å². The van der Waals surface area contributed by atoms with Gasteiger partial charge in [0, 0.05) is 33.9 Å². The third-order valence-electron chi connectivity index (χ3n) is 9.18. The largest absolute Gasteiger partial charge is 0.480 e. The maximum atomic E-state index is 11.3. The van der Waals surface area contributed by atoms with Crippen LogP contribution in [0.15, 0.2) is 71.1 Å². The third kappa shape index (κ3) is 12.6. The first-order valence-corrected chi connectivity index (χ1v) is 18.3. The van der Waals surface area contributed by atoms with E-state index < -0.39 is 5.97 Å². The molecule has 2 aliphatic rings. The Morgan fingerprint density at radius 2 is 1.02 bits per heavy atom. The Kier molecular flexibility index (Phi) is 17.5. The van der Waals surface area contributed by atoms with E-state index in [0.29, 0.717) is 0 Å². The number of ether oxygens (including phenoxy) is 2. The van der Waals surface area contributed by atoms with Crippen LogP contribution in [0, 0.1) is 0 Å². The van der Waals surface area contributed by atoms with Crippen molar-refractivity contribution in [1.82, 2.24) is 0 Å². The fourth-order valence-corrected chi connectivity index (χ4v) is 6.45. The Hall–Kier alpha value is -3.42. The lowest BCUT2D eigenvalue weighted by molar-refractivity contribution is -0.143. The molecule has 7 nitrogen and oxygen atoms in total. The average Bonchev–Trinajstić information content (AvgIpc) is 3.07. The van der Waals surface area contributed by atoms with E-state index >= 15 is 0 Å². The molecule has 2 atom stereocenters. The van der Waals surface area contributed by atoms with E-state index in [-0.39, 0.29) is 31.2 Å². The molecule has 48 heavy (non-hydrogen) atoms. The minimum atomic E-state index is -0.934. The molecule has 0 amide bonds. The lowest BCUT2D eigenvalue weighted by atomic mass is 9.93. The number of rotatable bonds is 20. The average molecular weight is 661 g/mol. The summed E-state index contributed by atoms with van der Waals surface area (Å²) in [7, 11) is 0. The number of carbonyl (C=O) groups excluding carboxylic acids is 1. The fourth-order valence-electron chi connectivity index (χ4n) is 6.45. The van der Waals surface area contributed by atoms with E-state index in [1.165, 1.54) is 87.6 Å². The van der Waals surface area contributed by atoms with Crippen molar-refractivity contribution in [1.29, 1.82) is 0 Å². The first-order chi connectivity index (χ1) is 23.3. The number of aliphatic carboxylic acids is 1. The van der Waals surface area contributed by atoms with Crippen LogP contribution in [0.2, 0.25) is 0 Å². The summed E-state index contributed by atoms with van der Waals surface area (Å²) in [4.78, 5) is 22.2. The van der Waals surface area contributed by atoms with Crippen LogP contribution in [0.25, 0.3) is 0 Å². The molecule has 0 spiro atoms. The molecule has 0 aliphatic carbocycles. The molecule has 0 bridgehead atoms. The number of benzene rings is 2. The Morgan fingerprint density at radius 1 is 0.625 bits per heavy atom. The summed E-state index contributed by atoms with van der Waals surface area (Å²) in [5, 5.41) is 16.0. The zero-order valence-electron chi connectivity index (χ0n) is 30.2. The van der Waals surface area contributed by atoms with Gasteiger partial charge in [-0.3, -0.25) is 4.79 Å². The molecule has 0 saturated heterocycles. The number of carboxylic acids is 1. The zero-order chi connectivity index (χ0) is 34.7. The molecule has 2 aromatic carbocycles. The predicted octanol–water partition coefficient (Wildman–Crippen LogP) is 11.1. The van der Waals surface area contributed by atoms with Crippen molar-refractivity contribution >= 4 is 23.1 Å². The van der Waals surface area contributed by atoms with Gasteiger partial charge in [-0.15, -0.1) is 0 Å². The predicted molar refractivity (Wildman–Crippen MR) is 197 cm³/mol. The first-order valence-electron chi connectivity index (χ1n) is 18.3. The second kappa shape index (κ2) is 21.5. The SMILES string of the molecule is CCCCCCCCC1=C(C)C(OCC(=O)O)c2ccccc2N1.CCCCCCCCC1=C(C)C(OCC(C)=O)c2ccccc2N1. The monoisotopic (exact) mass is 660 g/mol. The van der Waals surface area contributed by atoms with E-state index in [1.807, 2.05) is 43.3 Å². The molecule has 2 aliphatic heterocycles. The number of hydrogen-bond acceptors (Lipinski definition) is 6. The van der Waals surface area contributed by atoms with Gasteiger partial charge in [0.1, 0.15) is 25.4 Å². The Bertz CT molecular complexity index is 1260. The maximum Gasteiger partial charge on any atom is 0.329 e. The van der Waals surface area contributed by atoms with Gasteiger partial charge in [-0.25, -0.2) is 4.79 Å². The van der Waals surface area contributed by atoms with Crippen LogP contribution in [0.4, 0.5) is 11.4 Å². The van der Waals surface area contributed by atoms with Crippen LogP contribution in [-0.2, 0) is 19.1 Å². The van der Waals surface area contributed by atoms with Gasteiger partial charge in [0.15, 0.2) is 5.78 Å². The summed E-state index contributed by atoms with van der Waals surface area (Å²) in [6.45, 7) is 10.1. The van der Waals surface area contributed by atoms with E-state index in [0.717, 1.165) is 47.3 Å². The quantitative estimate of drug-likeness (QED) is 0.122. The van der Waals surface area contributed by atoms with Gasteiger partial charge in [0.05, 0.1) is 0 Å². The molecule has 2 aromatic rings. The van der Waals surface area contributed by atoms with Crippen LogP contribution < -0.4 is 10.6 Å². The van der Waals surface area contributed by atoms with Crippen molar-refractivity contribution in [3.8, 4) is 0 Å². The van der Waals surface area contributed by atoms with Gasteiger partial charge in [0.25, 0.3) is 0 Å². The summed E-state index contributed by atoms with van der Waals surface area (Å²) in [5.74, 6) is -0.868. The molecule has 2 heterocycles. The van der Waals surface area contributed by atoms with Gasteiger partial charge in [0.2, 0.25) is 0 Å². The molecule has 4 rings (SSSR count). The molecule has 0 radical (unpaired) electrons. The molecule has 264 valence electrons. The number of Topliss-reactive ketones (excluding diaryl/α,β-unsaturated/α-hetero) is 1.